The Bertz CT molecular complexity index is 1360. The van der Waals surface area contributed by atoms with Crippen molar-refractivity contribution in [1.82, 2.24) is 19.7 Å². The van der Waals surface area contributed by atoms with Crippen LogP contribution in [0.25, 0.3) is 5.82 Å². The van der Waals surface area contributed by atoms with Crippen molar-refractivity contribution in [2.45, 2.75) is 46.5 Å². The van der Waals surface area contributed by atoms with Crippen LogP contribution in [-0.2, 0) is 0 Å². The number of hydrogen-bond donors (Lipinski definition) is 1. The topological polar surface area (TPSA) is 85.2 Å². The molecule has 7 nitrogen and oxygen atoms in total. The van der Waals surface area contributed by atoms with Crippen LogP contribution >= 0.6 is 0 Å². The second-order valence-corrected chi connectivity index (χ2v) is 9.13. The van der Waals surface area contributed by atoms with E-state index in [4.69, 9.17) is 20.8 Å². The molecule has 2 unspecified atom stereocenters. The van der Waals surface area contributed by atoms with Crippen molar-refractivity contribution in [3.8, 4) is 5.82 Å². The average molecular weight is 494 g/mol. The Labute approximate surface area is 219 Å². The molecule has 3 aromatic heterocycles. The molecule has 37 heavy (non-hydrogen) atoms. The summed E-state index contributed by atoms with van der Waals surface area (Å²) in [5, 5.41) is 4.76. The van der Waals surface area contributed by atoms with E-state index >= 15 is 0 Å². The van der Waals surface area contributed by atoms with E-state index in [9.17, 15) is 0 Å². The summed E-state index contributed by atoms with van der Waals surface area (Å²) in [6.45, 7) is 8.57. The van der Waals surface area contributed by atoms with E-state index in [1.165, 1.54) is 0 Å². The first kappa shape index (κ1) is 25.8. The standard InChI is InChI=1S/C30H35N7/c1-5-22(3)25(31)18-20-32-27-14-10-16-29(33-27)37(24-12-8-7-9-13-24)30-17-11-15-28(34-30)36-21-19-26(35-36)23(4)6-2/h7-23H,5-6,31H2,1-4H3. The summed E-state index contributed by atoms with van der Waals surface area (Å²) in [5.74, 6) is 3.49. The van der Waals surface area contributed by atoms with Crippen molar-refractivity contribution in [3.63, 3.8) is 0 Å². The fourth-order valence-corrected chi connectivity index (χ4v) is 3.77. The molecular formula is C30H35N7. The van der Waals surface area contributed by atoms with Gasteiger partial charge in [-0.15, -0.1) is 0 Å². The van der Waals surface area contributed by atoms with Crippen molar-refractivity contribution in [1.29, 1.82) is 0 Å². The lowest BCUT2D eigenvalue weighted by molar-refractivity contribution is 0.649. The SMILES string of the molecule is CCC(C)C(N)=CC=Nc1cccc(N(c2ccccc2)c2cccc(-n3ccc(C(C)CC)n3)n2)n1. The molecule has 7 heteroatoms. The Morgan fingerprint density at radius 3 is 2.38 bits per heavy atom. The zero-order valence-corrected chi connectivity index (χ0v) is 22.0. The van der Waals surface area contributed by atoms with Crippen LogP contribution in [0.15, 0.2) is 95.8 Å². The summed E-state index contributed by atoms with van der Waals surface area (Å²) in [7, 11) is 0. The molecule has 0 saturated heterocycles. The lowest BCUT2D eigenvalue weighted by Crippen LogP contribution is -2.14. The molecule has 4 aromatic rings. The predicted molar refractivity (Wildman–Crippen MR) is 152 cm³/mol. The molecule has 0 aliphatic carbocycles. The monoisotopic (exact) mass is 493 g/mol. The first-order valence-corrected chi connectivity index (χ1v) is 12.8. The zero-order chi connectivity index (χ0) is 26.2. The number of hydrogen-bond acceptors (Lipinski definition) is 6. The maximum atomic E-state index is 6.14. The van der Waals surface area contributed by atoms with E-state index < -0.39 is 0 Å². The summed E-state index contributed by atoms with van der Waals surface area (Å²) in [6, 6.07) is 23.8. The molecule has 0 amide bonds. The minimum absolute atomic E-state index is 0.314. The smallest absolute Gasteiger partial charge is 0.155 e. The van der Waals surface area contributed by atoms with Crippen molar-refractivity contribution >= 4 is 29.4 Å². The number of nitrogens with zero attached hydrogens (tertiary/aromatic N) is 6. The summed E-state index contributed by atoms with van der Waals surface area (Å²) in [4.78, 5) is 16.3. The molecule has 0 spiro atoms. The van der Waals surface area contributed by atoms with Gasteiger partial charge in [0.05, 0.1) is 5.69 Å². The van der Waals surface area contributed by atoms with E-state index in [0.29, 0.717) is 23.5 Å². The quantitative estimate of drug-likeness (QED) is 0.235. The molecular weight excluding hydrogens is 458 g/mol. The van der Waals surface area contributed by atoms with Gasteiger partial charge >= 0.3 is 0 Å². The van der Waals surface area contributed by atoms with E-state index in [0.717, 1.165) is 41.6 Å². The van der Waals surface area contributed by atoms with Gasteiger partial charge in [-0.05, 0) is 73.2 Å². The van der Waals surface area contributed by atoms with Crippen molar-refractivity contribution < 1.29 is 0 Å². The number of benzene rings is 1. The summed E-state index contributed by atoms with van der Waals surface area (Å²) < 4.78 is 1.83. The highest BCUT2D eigenvalue weighted by atomic mass is 15.3. The van der Waals surface area contributed by atoms with Crippen LogP contribution in [0.5, 0.6) is 0 Å². The van der Waals surface area contributed by atoms with E-state index in [2.05, 4.69) is 38.8 Å². The van der Waals surface area contributed by atoms with Crippen LogP contribution < -0.4 is 10.6 Å². The van der Waals surface area contributed by atoms with Gasteiger partial charge in [-0.2, -0.15) is 5.10 Å². The number of aromatic nitrogens is 4. The molecule has 0 bridgehead atoms. The summed E-state index contributed by atoms with van der Waals surface area (Å²) in [5.41, 5.74) is 8.95. The third-order valence-electron chi connectivity index (χ3n) is 6.53. The Kier molecular flexibility index (Phi) is 8.46. The molecule has 190 valence electrons. The van der Waals surface area contributed by atoms with Gasteiger partial charge in [0.25, 0.3) is 0 Å². The Hall–Kier alpha value is -4.26. The van der Waals surface area contributed by atoms with Crippen molar-refractivity contribution in [3.05, 3.63) is 96.5 Å². The third kappa shape index (κ3) is 6.30. The number of allylic oxidation sites excluding steroid dienone is 2. The number of para-hydroxylation sites is 1. The van der Waals surface area contributed by atoms with Crippen LogP contribution in [0.3, 0.4) is 0 Å². The van der Waals surface area contributed by atoms with Crippen LogP contribution in [0, 0.1) is 5.92 Å². The van der Waals surface area contributed by atoms with Gasteiger partial charge in [0.1, 0.15) is 11.6 Å². The fourth-order valence-electron chi connectivity index (χ4n) is 3.77. The molecule has 2 N–H and O–H groups in total. The Balaban J connectivity index is 1.71. The van der Waals surface area contributed by atoms with Gasteiger partial charge in [-0.25, -0.2) is 19.6 Å². The molecule has 0 aliphatic rings. The number of anilines is 3. The fraction of sp³-hybridized carbons (Fsp3) is 0.267. The second kappa shape index (κ2) is 12.1. The highest BCUT2D eigenvalue weighted by Crippen LogP contribution is 2.33. The van der Waals surface area contributed by atoms with Crippen LogP contribution in [0.4, 0.5) is 23.1 Å². The van der Waals surface area contributed by atoms with Gasteiger partial charge in [-0.3, -0.25) is 4.90 Å². The van der Waals surface area contributed by atoms with E-state index in [-0.39, 0.29) is 0 Å². The van der Waals surface area contributed by atoms with Crippen molar-refractivity contribution in [2.24, 2.45) is 16.6 Å². The molecule has 0 radical (unpaired) electrons. The normalized spacial score (nSPS) is 13.6. The van der Waals surface area contributed by atoms with Crippen molar-refractivity contribution in [2.75, 3.05) is 4.90 Å². The minimum Gasteiger partial charge on any atom is -0.402 e. The van der Waals surface area contributed by atoms with Gasteiger partial charge in [-0.1, -0.05) is 58.0 Å². The van der Waals surface area contributed by atoms with Gasteiger partial charge in [0, 0.05) is 23.8 Å². The maximum absolute atomic E-state index is 6.14. The third-order valence-corrected chi connectivity index (χ3v) is 6.53. The van der Waals surface area contributed by atoms with E-state index in [1.54, 1.807) is 6.21 Å². The summed E-state index contributed by atoms with van der Waals surface area (Å²) >= 11 is 0. The summed E-state index contributed by atoms with van der Waals surface area (Å²) in [6.07, 6.45) is 7.55. The number of aliphatic imine (C=N–C) groups is 1. The van der Waals surface area contributed by atoms with Gasteiger partial charge < -0.3 is 5.73 Å². The Morgan fingerprint density at radius 2 is 1.65 bits per heavy atom. The average Bonchev–Trinajstić information content (AvgIpc) is 3.44. The zero-order valence-electron chi connectivity index (χ0n) is 22.0. The first-order valence-electron chi connectivity index (χ1n) is 12.8. The lowest BCUT2D eigenvalue weighted by atomic mass is 10.1. The van der Waals surface area contributed by atoms with Crippen LogP contribution in [0.2, 0.25) is 0 Å². The number of rotatable bonds is 10. The van der Waals surface area contributed by atoms with Crippen LogP contribution in [0.1, 0.15) is 52.1 Å². The highest BCUT2D eigenvalue weighted by Gasteiger charge is 2.17. The predicted octanol–water partition coefficient (Wildman–Crippen LogP) is 7.24. The highest BCUT2D eigenvalue weighted by molar-refractivity contribution is 5.76. The molecule has 3 heterocycles. The molecule has 0 aliphatic heterocycles. The lowest BCUT2D eigenvalue weighted by Gasteiger charge is -2.23. The van der Waals surface area contributed by atoms with Crippen LogP contribution in [-0.4, -0.2) is 26.0 Å². The molecule has 0 saturated carbocycles. The largest absolute Gasteiger partial charge is 0.402 e. The molecule has 1 aromatic carbocycles. The van der Waals surface area contributed by atoms with E-state index in [1.807, 2.05) is 88.6 Å². The maximum Gasteiger partial charge on any atom is 0.155 e. The molecule has 2 atom stereocenters. The molecule has 4 rings (SSSR count). The van der Waals surface area contributed by atoms with Gasteiger partial charge in [0.2, 0.25) is 0 Å². The number of nitrogens with two attached hydrogens (primary N) is 1. The van der Waals surface area contributed by atoms with Gasteiger partial charge in [0.15, 0.2) is 11.6 Å². The first-order chi connectivity index (χ1) is 18.0. The minimum atomic E-state index is 0.314. The number of pyridine rings is 2. The molecule has 0 fully saturated rings. The second-order valence-electron chi connectivity index (χ2n) is 9.13. The Morgan fingerprint density at radius 1 is 0.919 bits per heavy atom.